The van der Waals surface area contributed by atoms with Gasteiger partial charge in [-0.1, -0.05) is 49.7 Å². The lowest BCUT2D eigenvalue weighted by molar-refractivity contribution is -0.138. The average molecular weight is 556 g/mol. The molecule has 3 amide bonds. The van der Waals surface area contributed by atoms with E-state index in [-0.39, 0.29) is 26.1 Å². The van der Waals surface area contributed by atoms with E-state index in [1.54, 1.807) is 24.3 Å². The topological polar surface area (TPSA) is 98.7 Å². The number of rotatable bonds is 12. The summed E-state index contributed by atoms with van der Waals surface area (Å²) in [6.45, 7) is 2.29. The number of hydrogen-bond acceptors (Lipinski definition) is 3. The standard InChI is InChI=1S/C30H32F3N3O4/c1-2-3-4-21-9-15-26(16-10-21)35-29(40)36(20-23-7-13-25(14-8-23)30(31,32)33)19-22-5-11-24(12-6-22)28(39)34-18-17-27(37)38/h5-16H,2-4,17-20H2,1H3,(H,34,39)(H,35,40)(H,37,38). The summed E-state index contributed by atoms with van der Waals surface area (Å²) in [6, 6.07) is 18.2. The van der Waals surface area contributed by atoms with Gasteiger partial charge in [0.2, 0.25) is 0 Å². The number of nitrogens with one attached hydrogen (secondary N) is 2. The van der Waals surface area contributed by atoms with Crippen LogP contribution in [-0.2, 0) is 30.5 Å². The van der Waals surface area contributed by atoms with E-state index in [0.717, 1.165) is 37.0 Å². The molecule has 0 saturated carbocycles. The summed E-state index contributed by atoms with van der Waals surface area (Å²) >= 11 is 0. The molecule has 10 heteroatoms. The molecule has 0 radical (unpaired) electrons. The number of carbonyl (C=O) groups excluding carboxylic acids is 2. The smallest absolute Gasteiger partial charge is 0.416 e. The lowest BCUT2D eigenvalue weighted by atomic mass is 10.1. The summed E-state index contributed by atoms with van der Waals surface area (Å²) < 4.78 is 39.0. The SMILES string of the molecule is CCCCc1ccc(NC(=O)N(Cc2ccc(C(=O)NCCC(=O)O)cc2)Cc2ccc(C(F)(F)F)cc2)cc1. The zero-order valence-electron chi connectivity index (χ0n) is 22.1. The maximum atomic E-state index is 13.3. The van der Waals surface area contributed by atoms with E-state index in [0.29, 0.717) is 22.4 Å². The van der Waals surface area contributed by atoms with Crippen molar-refractivity contribution in [3.8, 4) is 0 Å². The first kappa shape index (κ1) is 30.2. The predicted octanol–water partition coefficient (Wildman–Crippen LogP) is 6.49. The molecule has 0 bridgehead atoms. The summed E-state index contributed by atoms with van der Waals surface area (Å²) in [7, 11) is 0. The number of nitrogens with zero attached hydrogens (tertiary/aromatic N) is 1. The van der Waals surface area contributed by atoms with Crippen LogP contribution in [-0.4, -0.2) is 34.5 Å². The molecule has 0 atom stereocenters. The van der Waals surface area contributed by atoms with Gasteiger partial charge in [-0.25, -0.2) is 4.79 Å². The second-order valence-corrected chi connectivity index (χ2v) is 9.38. The maximum Gasteiger partial charge on any atom is 0.416 e. The number of carboxylic acids is 1. The Labute approximate surface area is 231 Å². The van der Waals surface area contributed by atoms with Gasteiger partial charge in [0.1, 0.15) is 0 Å². The van der Waals surface area contributed by atoms with E-state index in [9.17, 15) is 27.6 Å². The van der Waals surface area contributed by atoms with Crippen LogP contribution in [0.2, 0.25) is 0 Å². The van der Waals surface area contributed by atoms with Gasteiger partial charge in [-0.05, 0) is 65.9 Å². The summed E-state index contributed by atoms with van der Waals surface area (Å²) in [6.07, 6.45) is -1.57. The molecule has 3 N–H and O–H groups in total. The molecule has 0 unspecified atom stereocenters. The summed E-state index contributed by atoms with van der Waals surface area (Å²) in [4.78, 5) is 37.6. The van der Waals surface area contributed by atoms with Crippen LogP contribution < -0.4 is 10.6 Å². The van der Waals surface area contributed by atoms with Crippen molar-refractivity contribution in [2.75, 3.05) is 11.9 Å². The van der Waals surface area contributed by atoms with Gasteiger partial charge >= 0.3 is 18.2 Å². The number of amides is 3. The molecule has 0 aliphatic heterocycles. The molecule has 0 spiro atoms. The molecular weight excluding hydrogens is 523 g/mol. The Morgan fingerprint density at radius 1 is 0.825 bits per heavy atom. The molecule has 3 aromatic rings. The van der Waals surface area contributed by atoms with Gasteiger partial charge in [0.05, 0.1) is 12.0 Å². The molecule has 7 nitrogen and oxygen atoms in total. The van der Waals surface area contributed by atoms with Crippen molar-refractivity contribution >= 4 is 23.6 Å². The fraction of sp³-hybridized carbons (Fsp3) is 0.300. The van der Waals surface area contributed by atoms with E-state index >= 15 is 0 Å². The maximum absolute atomic E-state index is 13.3. The molecule has 40 heavy (non-hydrogen) atoms. The van der Waals surface area contributed by atoms with Crippen molar-refractivity contribution in [3.63, 3.8) is 0 Å². The van der Waals surface area contributed by atoms with Crippen LogP contribution in [0.5, 0.6) is 0 Å². The zero-order chi connectivity index (χ0) is 29.1. The molecular formula is C30H32F3N3O4. The van der Waals surface area contributed by atoms with Crippen molar-refractivity contribution in [1.82, 2.24) is 10.2 Å². The van der Waals surface area contributed by atoms with Gasteiger partial charge in [-0.15, -0.1) is 0 Å². The number of carbonyl (C=O) groups is 3. The molecule has 3 aromatic carbocycles. The van der Waals surface area contributed by atoms with Crippen molar-refractivity contribution in [2.45, 2.75) is 51.9 Å². The highest BCUT2D eigenvalue weighted by Gasteiger charge is 2.30. The first-order valence-corrected chi connectivity index (χ1v) is 12.9. The van der Waals surface area contributed by atoms with E-state index in [2.05, 4.69) is 17.6 Å². The van der Waals surface area contributed by atoms with Crippen LogP contribution >= 0.6 is 0 Å². The molecule has 0 aromatic heterocycles. The van der Waals surface area contributed by atoms with Crippen LogP contribution in [0.25, 0.3) is 0 Å². The summed E-state index contributed by atoms with van der Waals surface area (Å²) in [5.41, 5.74) is 2.53. The van der Waals surface area contributed by atoms with Gasteiger partial charge in [0, 0.05) is 30.9 Å². The zero-order valence-corrected chi connectivity index (χ0v) is 22.1. The number of aryl methyl sites for hydroxylation is 1. The fourth-order valence-electron chi connectivity index (χ4n) is 3.92. The minimum atomic E-state index is -4.46. The van der Waals surface area contributed by atoms with Crippen LogP contribution in [0.15, 0.2) is 72.8 Å². The minimum Gasteiger partial charge on any atom is -0.481 e. The predicted molar refractivity (Wildman–Crippen MR) is 146 cm³/mol. The number of aliphatic carboxylic acids is 1. The van der Waals surface area contributed by atoms with Gasteiger partial charge < -0.3 is 20.6 Å². The highest BCUT2D eigenvalue weighted by atomic mass is 19.4. The normalized spacial score (nSPS) is 11.1. The number of carboxylic acid groups (broad SMARTS) is 1. The lowest BCUT2D eigenvalue weighted by Gasteiger charge is -2.24. The Balaban J connectivity index is 1.74. The van der Waals surface area contributed by atoms with Crippen LogP contribution in [0.3, 0.4) is 0 Å². The quantitative estimate of drug-likeness (QED) is 0.238. The monoisotopic (exact) mass is 555 g/mol. The molecule has 0 heterocycles. The number of benzene rings is 3. The van der Waals surface area contributed by atoms with E-state index in [1.807, 2.05) is 24.3 Å². The highest BCUT2D eigenvalue weighted by molar-refractivity contribution is 5.94. The lowest BCUT2D eigenvalue weighted by Crippen LogP contribution is -2.34. The number of anilines is 1. The minimum absolute atomic E-state index is 0.00339. The molecule has 0 saturated heterocycles. The molecule has 0 aliphatic carbocycles. The Hall–Kier alpha value is -4.34. The molecule has 3 rings (SSSR count). The van der Waals surface area contributed by atoms with Gasteiger partial charge in [0.25, 0.3) is 5.91 Å². The number of urea groups is 1. The van der Waals surface area contributed by atoms with E-state index in [1.165, 1.54) is 17.0 Å². The van der Waals surface area contributed by atoms with Crippen molar-refractivity contribution in [2.24, 2.45) is 0 Å². The van der Waals surface area contributed by atoms with Crippen molar-refractivity contribution in [3.05, 3.63) is 101 Å². The Morgan fingerprint density at radius 3 is 1.90 bits per heavy atom. The van der Waals surface area contributed by atoms with Gasteiger partial charge in [-0.3, -0.25) is 9.59 Å². The second kappa shape index (κ2) is 14.2. The Kier molecular flexibility index (Phi) is 10.7. The Bertz CT molecular complexity index is 1280. The van der Waals surface area contributed by atoms with Gasteiger partial charge in [0.15, 0.2) is 0 Å². The molecule has 0 fully saturated rings. The second-order valence-electron chi connectivity index (χ2n) is 9.38. The number of alkyl halides is 3. The van der Waals surface area contributed by atoms with Crippen LogP contribution in [0.4, 0.5) is 23.7 Å². The summed E-state index contributed by atoms with van der Waals surface area (Å²) in [5, 5.41) is 14.1. The third kappa shape index (κ3) is 9.44. The number of unbranched alkanes of at least 4 members (excludes halogenated alkanes) is 1. The summed E-state index contributed by atoms with van der Waals surface area (Å²) in [5.74, 6) is -1.44. The number of halogens is 3. The van der Waals surface area contributed by atoms with Crippen molar-refractivity contribution < 1.29 is 32.7 Å². The molecule has 0 aliphatic rings. The fourth-order valence-corrected chi connectivity index (χ4v) is 3.92. The highest BCUT2D eigenvalue weighted by Crippen LogP contribution is 2.29. The first-order valence-electron chi connectivity index (χ1n) is 12.9. The number of hydrogen-bond donors (Lipinski definition) is 3. The van der Waals surface area contributed by atoms with Gasteiger partial charge in [-0.2, -0.15) is 13.2 Å². The van der Waals surface area contributed by atoms with Crippen LogP contribution in [0.1, 0.15) is 58.8 Å². The Morgan fingerprint density at radius 2 is 1.38 bits per heavy atom. The first-order chi connectivity index (χ1) is 19.0. The third-order valence-electron chi connectivity index (χ3n) is 6.18. The van der Waals surface area contributed by atoms with E-state index in [4.69, 9.17) is 5.11 Å². The third-order valence-corrected chi connectivity index (χ3v) is 6.18. The van der Waals surface area contributed by atoms with Crippen LogP contribution in [0, 0.1) is 0 Å². The van der Waals surface area contributed by atoms with E-state index < -0.39 is 29.6 Å². The largest absolute Gasteiger partial charge is 0.481 e. The van der Waals surface area contributed by atoms with Crippen molar-refractivity contribution in [1.29, 1.82) is 0 Å². The average Bonchev–Trinajstić information content (AvgIpc) is 2.92. The molecule has 212 valence electrons.